The number of nitrogens with one attached hydrogen (secondary N) is 5. The van der Waals surface area contributed by atoms with Gasteiger partial charge in [0.05, 0.1) is 27.7 Å². The summed E-state index contributed by atoms with van der Waals surface area (Å²) in [6.07, 6.45) is -2.72. The molecule has 96 heavy (non-hydrogen) atoms. The second-order valence-electron chi connectivity index (χ2n) is 21.9. The fraction of sp³-hybridized carbons (Fsp3) is 0.189. The lowest BCUT2D eigenvalue weighted by atomic mass is 9.98. The number of carboxylic acid groups (broad SMARTS) is 1. The Labute approximate surface area is 556 Å². The van der Waals surface area contributed by atoms with Crippen LogP contribution in [0.15, 0.2) is 218 Å². The summed E-state index contributed by atoms with van der Waals surface area (Å²) in [5.74, 6) is -2.31. The highest BCUT2D eigenvalue weighted by Crippen LogP contribution is 2.34. The van der Waals surface area contributed by atoms with Crippen LogP contribution >= 0.6 is 12.4 Å². The minimum absolute atomic E-state index is 0. The molecule has 0 bridgehead atoms. The summed E-state index contributed by atoms with van der Waals surface area (Å²) in [5.41, 5.74) is 9.72. The minimum atomic E-state index is -4.46. The maximum absolute atomic E-state index is 13.3. The van der Waals surface area contributed by atoms with Crippen LogP contribution in [0.2, 0.25) is 0 Å². The fourth-order valence-corrected chi connectivity index (χ4v) is 9.93. The number of nitrogens with two attached hydrogens (primary N) is 1. The van der Waals surface area contributed by atoms with E-state index in [0.29, 0.717) is 68.3 Å². The molecule has 8 aromatic carbocycles. The maximum atomic E-state index is 13.3. The molecular formula is C74H69ClF6N8O7. The Morgan fingerprint density at radius 2 is 0.865 bits per heavy atom. The highest BCUT2D eigenvalue weighted by atomic mass is 35.5. The molecule has 0 radical (unpaired) electrons. The first-order valence-corrected chi connectivity index (χ1v) is 30.5. The number of unbranched alkanes of at least 4 members (excludes halogenated alkanes) is 4. The number of rotatable bonds is 21. The van der Waals surface area contributed by atoms with E-state index >= 15 is 0 Å². The number of hydrogen-bond donors (Lipinski definition) is 7. The molecular weight excluding hydrogens is 1260 g/mol. The van der Waals surface area contributed by atoms with Crippen molar-refractivity contribution in [3.63, 3.8) is 0 Å². The zero-order valence-corrected chi connectivity index (χ0v) is 53.0. The number of pyridine rings is 2. The summed E-state index contributed by atoms with van der Waals surface area (Å²) < 4.78 is 77.7. The molecule has 0 aliphatic heterocycles. The number of benzene rings is 8. The van der Waals surface area contributed by atoms with Gasteiger partial charge in [0.1, 0.15) is 23.7 Å². The number of aromatic nitrogens is 2. The van der Waals surface area contributed by atoms with Crippen molar-refractivity contribution in [1.29, 1.82) is 0 Å². The number of halogens is 7. The Hall–Kier alpha value is -10.8. The molecule has 10 rings (SSSR count). The van der Waals surface area contributed by atoms with Crippen LogP contribution < -0.4 is 32.3 Å². The van der Waals surface area contributed by atoms with Crippen LogP contribution in [0.1, 0.15) is 128 Å². The van der Waals surface area contributed by atoms with Crippen molar-refractivity contribution in [2.24, 2.45) is 5.73 Å². The van der Waals surface area contributed by atoms with Gasteiger partial charge >= 0.3 is 18.3 Å². The van der Waals surface area contributed by atoms with Gasteiger partial charge < -0.3 is 37.4 Å². The van der Waals surface area contributed by atoms with Crippen LogP contribution in [-0.2, 0) is 21.9 Å². The first-order valence-electron chi connectivity index (χ1n) is 30.5. The van der Waals surface area contributed by atoms with Crippen LogP contribution in [0.4, 0.5) is 38.0 Å². The third kappa shape index (κ3) is 20.1. The predicted octanol–water partition coefficient (Wildman–Crippen LogP) is 16.2. The van der Waals surface area contributed by atoms with Gasteiger partial charge in [-0.15, -0.1) is 12.4 Å². The molecule has 0 aliphatic rings. The van der Waals surface area contributed by atoms with Crippen molar-refractivity contribution in [1.82, 2.24) is 25.9 Å². The Kier molecular flexibility index (Phi) is 26.0. The third-order valence-corrected chi connectivity index (χ3v) is 15.0. The summed E-state index contributed by atoms with van der Waals surface area (Å²) in [6.45, 7) is 5.46. The standard InChI is InChI=1S/C37H33F3N4O3.C24H15F3N2O3.C13H20N2O.ClH/c1-2-3-9-22-41-36(47)33(25-10-5-4-6-11-25)44-34(45)27-16-20-31-26(23-27)17-21-32(42-31)43-35(46)30-13-8-7-12-29(30)24-14-18-28(19-15-24)37(38,39)40;25-24(26,27)17-9-5-14(6-10-17)18-3-1-2-4-19(18)22(30)29-21-12-8-15-13-16(23(31)32)7-11-20(15)28-21;1-2-3-7-10-15-13(16)12(14)11-8-5-4-6-9-11;/h4-8,10-21,23,33H,2-3,9,22H2,1H3,(H,41,47)(H,44,45)(H,42,43,46);1-13H,(H,31,32)(H,28,29,30);4-6,8-9,12H,2-3,7,10,14H2,1H3,(H,15,16);1H/t33-;;12-;/m0.0./s1. The number of aromatic carboxylic acids is 1. The van der Waals surface area contributed by atoms with Crippen molar-refractivity contribution in [3.05, 3.63) is 263 Å². The molecule has 2 heterocycles. The van der Waals surface area contributed by atoms with Crippen molar-refractivity contribution < 1.29 is 60.2 Å². The molecule has 15 nitrogen and oxygen atoms in total. The fourth-order valence-electron chi connectivity index (χ4n) is 9.93. The number of hydrogen-bond acceptors (Lipinski definition) is 9. The Morgan fingerprint density at radius 3 is 1.30 bits per heavy atom. The first kappa shape index (κ1) is 72.7. The highest BCUT2D eigenvalue weighted by Gasteiger charge is 2.32. The normalized spacial score (nSPS) is 11.6. The summed E-state index contributed by atoms with van der Waals surface area (Å²) in [6, 6.07) is 55.3. The van der Waals surface area contributed by atoms with Crippen molar-refractivity contribution in [2.75, 3.05) is 23.7 Å². The molecule has 0 fully saturated rings. The largest absolute Gasteiger partial charge is 0.478 e. The van der Waals surface area contributed by atoms with Crippen molar-refractivity contribution in [2.45, 2.75) is 76.8 Å². The van der Waals surface area contributed by atoms with Gasteiger partial charge in [0.15, 0.2) is 0 Å². The van der Waals surface area contributed by atoms with Crippen LogP contribution in [-0.4, -0.2) is 63.7 Å². The van der Waals surface area contributed by atoms with E-state index in [0.717, 1.165) is 68.4 Å². The van der Waals surface area contributed by atoms with E-state index in [9.17, 15) is 55.1 Å². The van der Waals surface area contributed by atoms with Gasteiger partial charge in [-0.1, -0.05) is 161 Å². The van der Waals surface area contributed by atoms with Gasteiger partial charge in [-0.05, 0) is 143 Å². The Morgan fingerprint density at radius 1 is 0.458 bits per heavy atom. The van der Waals surface area contributed by atoms with E-state index in [4.69, 9.17) is 10.8 Å². The quantitative estimate of drug-likeness (QED) is 0.0265. The van der Waals surface area contributed by atoms with Crippen molar-refractivity contribution >= 4 is 81.4 Å². The molecule has 0 aliphatic carbocycles. The van der Waals surface area contributed by atoms with Gasteiger partial charge in [0.2, 0.25) is 11.8 Å². The molecule has 2 atom stereocenters. The number of carboxylic acids is 1. The molecule has 22 heteroatoms. The number of fused-ring (bicyclic) bond motifs is 2. The SMILES string of the molecule is CCCCCNC(=O)[C@@H](N)c1ccccc1.CCCCCNC(=O)[C@@H](NC(=O)c1ccc2nc(NC(=O)c3ccccc3-c3ccc(C(F)(F)F)cc3)ccc2c1)c1ccccc1.Cl.O=C(O)c1ccc2nc(NC(=O)c3ccccc3-c3ccc(C(F)(F)F)cc3)ccc2c1. The third-order valence-electron chi connectivity index (χ3n) is 15.0. The second kappa shape index (κ2) is 34.4. The molecule has 2 aromatic heterocycles. The zero-order valence-electron chi connectivity index (χ0n) is 52.1. The first-order chi connectivity index (χ1) is 45.6. The number of amides is 5. The van der Waals surface area contributed by atoms with E-state index in [1.807, 2.05) is 48.5 Å². The second-order valence-corrected chi connectivity index (χ2v) is 21.9. The molecule has 0 saturated carbocycles. The number of alkyl halides is 6. The van der Waals surface area contributed by atoms with E-state index in [1.165, 1.54) is 36.4 Å². The van der Waals surface area contributed by atoms with Gasteiger partial charge in [-0.3, -0.25) is 24.0 Å². The Balaban J connectivity index is 0.000000228. The molecule has 0 saturated heterocycles. The summed E-state index contributed by atoms with van der Waals surface area (Å²) >= 11 is 0. The Bertz CT molecular complexity index is 4300. The summed E-state index contributed by atoms with van der Waals surface area (Å²) in [4.78, 5) is 84.2. The van der Waals surface area contributed by atoms with Crippen LogP contribution in [0.5, 0.6) is 0 Å². The van der Waals surface area contributed by atoms with Crippen LogP contribution in [0.25, 0.3) is 44.1 Å². The highest BCUT2D eigenvalue weighted by molar-refractivity contribution is 6.10. The summed E-state index contributed by atoms with van der Waals surface area (Å²) in [5, 5.41) is 24.4. The maximum Gasteiger partial charge on any atom is 0.416 e. The average molecular weight is 1330 g/mol. The summed E-state index contributed by atoms with van der Waals surface area (Å²) in [7, 11) is 0. The lowest BCUT2D eigenvalue weighted by Crippen LogP contribution is -2.40. The van der Waals surface area contributed by atoms with Gasteiger partial charge in [0, 0.05) is 40.6 Å². The molecule has 0 spiro atoms. The van der Waals surface area contributed by atoms with E-state index < -0.39 is 59.3 Å². The van der Waals surface area contributed by atoms with E-state index in [1.54, 1.807) is 109 Å². The topological polar surface area (TPSA) is 235 Å². The smallest absolute Gasteiger partial charge is 0.416 e. The number of anilines is 2. The monoisotopic (exact) mass is 1330 g/mol. The van der Waals surface area contributed by atoms with Gasteiger partial charge in [-0.25, -0.2) is 14.8 Å². The van der Waals surface area contributed by atoms with Crippen LogP contribution in [0, 0.1) is 0 Å². The number of carbonyl (C=O) groups excluding carboxylic acids is 5. The lowest BCUT2D eigenvalue weighted by Gasteiger charge is -2.19. The molecule has 0 unspecified atom stereocenters. The average Bonchev–Trinajstić information content (AvgIpc) is 0.829. The van der Waals surface area contributed by atoms with Gasteiger partial charge in [0.25, 0.3) is 17.7 Å². The molecule has 10 aromatic rings. The van der Waals surface area contributed by atoms with Gasteiger partial charge in [-0.2, -0.15) is 26.3 Å². The molecule has 8 N–H and O–H groups in total. The zero-order chi connectivity index (χ0) is 68.1. The van der Waals surface area contributed by atoms with E-state index in [2.05, 4.69) is 50.4 Å². The van der Waals surface area contributed by atoms with E-state index in [-0.39, 0.29) is 52.5 Å². The molecule has 5 amide bonds. The van der Waals surface area contributed by atoms with Crippen molar-refractivity contribution in [3.8, 4) is 22.3 Å². The van der Waals surface area contributed by atoms with Crippen LogP contribution in [0.3, 0.4) is 0 Å². The predicted molar refractivity (Wildman–Crippen MR) is 362 cm³/mol. The lowest BCUT2D eigenvalue weighted by molar-refractivity contribution is -0.138. The minimum Gasteiger partial charge on any atom is -0.478 e. The number of nitrogens with zero attached hydrogens (tertiary/aromatic N) is 2. The molecule has 496 valence electrons. The number of carbonyl (C=O) groups is 6.